The maximum atomic E-state index is 12.9. The van der Waals surface area contributed by atoms with Crippen LogP contribution in [-0.2, 0) is 6.18 Å². The molecule has 0 unspecified atom stereocenters. The maximum absolute atomic E-state index is 12.9. The second kappa shape index (κ2) is 7.55. The van der Waals surface area contributed by atoms with Gasteiger partial charge in [0, 0.05) is 18.2 Å². The van der Waals surface area contributed by atoms with Crippen LogP contribution >= 0.6 is 0 Å². The van der Waals surface area contributed by atoms with Crippen LogP contribution in [0.2, 0.25) is 0 Å². The van der Waals surface area contributed by atoms with E-state index >= 15 is 0 Å². The molecule has 0 aliphatic carbocycles. The number of anilines is 1. The van der Waals surface area contributed by atoms with Gasteiger partial charge in [0.1, 0.15) is 11.4 Å². The number of alkyl halides is 3. The topological polar surface area (TPSA) is 74.4 Å². The van der Waals surface area contributed by atoms with E-state index in [-0.39, 0.29) is 17.3 Å². The Labute approximate surface area is 165 Å². The molecular weight excluding hydrogens is 385 g/mol. The molecule has 2 aromatic heterocycles. The smallest absolute Gasteiger partial charge is 0.416 e. The first kappa shape index (κ1) is 19.5. The maximum Gasteiger partial charge on any atom is 0.416 e. The molecule has 9 heteroatoms. The number of rotatable bonds is 4. The van der Waals surface area contributed by atoms with E-state index < -0.39 is 17.5 Å². The van der Waals surface area contributed by atoms with E-state index in [4.69, 9.17) is 4.42 Å². The van der Waals surface area contributed by atoms with Crippen LogP contribution in [-0.4, -0.2) is 45.9 Å². The summed E-state index contributed by atoms with van der Waals surface area (Å²) in [5.74, 6) is 0.0326. The number of nitrogens with zero attached hydrogens (tertiary/aromatic N) is 3. The SMILES string of the molecule is CCN1CCC[C@@H](Nc2nnc(-c3ccc(C(F)(F)F)cc3O)c3occc23)C1. The Morgan fingerprint density at radius 2 is 2.10 bits per heavy atom. The van der Waals surface area contributed by atoms with Crippen LogP contribution in [0.4, 0.5) is 19.0 Å². The minimum absolute atomic E-state index is 0.131. The monoisotopic (exact) mass is 406 g/mol. The molecule has 1 atom stereocenters. The average molecular weight is 406 g/mol. The van der Waals surface area contributed by atoms with Crippen molar-refractivity contribution in [3.8, 4) is 17.0 Å². The van der Waals surface area contributed by atoms with Gasteiger partial charge in [0.15, 0.2) is 11.4 Å². The number of aromatic hydroxyl groups is 1. The molecule has 154 valence electrons. The summed E-state index contributed by atoms with van der Waals surface area (Å²) in [6.07, 6.45) is -0.963. The number of nitrogens with one attached hydrogen (secondary N) is 1. The Balaban J connectivity index is 1.67. The predicted molar refractivity (Wildman–Crippen MR) is 103 cm³/mol. The van der Waals surface area contributed by atoms with Crippen LogP contribution in [0.15, 0.2) is 34.9 Å². The first-order valence-electron chi connectivity index (χ1n) is 9.50. The van der Waals surface area contributed by atoms with Gasteiger partial charge in [-0.1, -0.05) is 6.92 Å². The number of phenolic OH excluding ortho intramolecular Hbond substituents is 1. The Bertz CT molecular complexity index is 1020. The summed E-state index contributed by atoms with van der Waals surface area (Å²) < 4.78 is 44.1. The van der Waals surface area contributed by atoms with Crippen molar-refractivity contribution in [2.24, 2.45) is 0 Å². The highest BCUT2D eigenvalue weighted by Gasteiger charge is 2.31. The van der Waals surface area contributed by atoms with E-state index in [0.29, 0.717) is 22.9 Å². The summed E-state index contributed by atoms with van der Waals surface area (Å²) in [7, 11) is 0. The zero-order valence-corrected chi connectivity index (χ0v) is 15.8. The van der Waals surface area contributed by atoms with E-state index in [1.165, 1.54) is 12.3 Å². The highest BCUT2D eigenvalue weighted by molar-refractivity contribution is 5.97. The number of piperidine rings is 1. The van der Waals surface area contributed by atoms with Crippen molar-refractivity contribution in [3.63, 3.8) is 0 Å². The number of benzene rings is 1. The van der Waals surface area contributed by atoms with Crippen molar-refractivity contribution < 1.29 is 22.7 Å². The third kappa shape index (κ3) is 3.87. The molecule has 1 aliphatic rings. The molecule has 3 heterocycles. The van der Waals surface area contributed by atoms with Crippen LogP contribution in [0.25, 0.3) is 22.2 Å². The molecular formula is C20H21F3N4O2. The zero-order valence-electron chi connectivity index (χ0n) is 15.8. The van der Waals surface area contributed by atoms with Crippen LogP contribution < -0.4 is 5.32 Å². The minimum Gasteiger partial charge on any atom is -0.507 e. The van der Waals surface area contributed by atoms with Gasteiger partial charge in [0.25, 0.3) is 0 Å². The molecule has 0 amide bonds. The normalized spacial score (nSPS) is 18.3. The number of likely N-dealkylation sites (N-methyl/N-ethyl adjacent to an activating group) is 1. The molecule has 1 aromatic carbocycles. The molecule has 4 rings (SSSR count). The lowest BCUT2D eigenvalue weighted by Gasteiger charge is -2.32. The lowest BCUT2D eigenvalue weighted by molar-refractivity contribution is -0.137. The van der Waals surface area contributed by atoms with Crippen molar-refractivity contribution in [2.75, 3.05) is 25.0 Å². The van der Waals surface area contributed by atoms with Gasteiger partial charge in [0.2, 0.25) is 0 Å². The molecule has 1 fully saturated rings. The lowest BCUT2D eigenvalue weighted by Crippen LogP contribution is -2.42. The Morgan fingerprint density at radius 3 is 2.83 bits per heavy atom. The Morgan fingerprint density at radius 1 is 1.28 bits per heavy atom. The van der Waals surface area contributed by atoms with Gasteiger partial charge >= 0.3 is 6.18 Å². The van der Waals surface area contributed by atoms with Gasteiger partial charge in [-0.2, -0.15) is 13.2 Å². The van der Waals surface area contributed by atoms with Crippen molar-refractivity contribution in [2.45, 2.75) is 32.0 Å². The van der Waals surface area contributed by atoms with E-state index in [9.17, 15) is 18.3 Å². The van der Waals surface area contributed by atoms with Gasteiger partial charge in [-0.3, -0.25) is 0 Å². The number of likely N-dealkylation sites (tertiary alicyclic amines) is 1. The van der Waals surface area contributed by atoms with Crippen molar-refractivity contribution in [3.05, 3.63) is 36.1 Å². The quantitative estimate of drug-likeness (QED) is 0.664. The molecule has 3 aromatic rings. The fourth-order valence-corrected chi connectivity index (χ4v) is 3.72. The number of hydrogen-bond acceptors (Lipinski definition) is 6. The molecule has 0 bridgehead atoms. The fraction of sp³-hybridized carbons (Fsp3) is 0.400. The number of phenols is 1. The van der Waals surface area contributed by atoms with Gasteiger partial charge < -0.3 is 19.7 Å². The standard InChI is InChI=1S/C20H21F3N4O2/c1-2-27-8-3-4-13(11-27)24-19-15-7-9-29-18(15)17(25-26-19)14-6-5-12(10-16(14)28)20(21,22)23/h5-7,9-10,13,28H,2-4,8,11H2,1H3,(H,24,26)/t13-/m1/s1. The lowest BCUT2D eigenvalue weighted by atomic mass is 10.0. The molecule has 1 saturated heterocycles. The Hall–Kier alpha value is -2.81. The number of aromatic nitrogens is 2. The summed E-state index contributed by atoms with van der Waals surface area (Å²) >= 11 is 0. The Kier molecular flexibility index (Phi) is 5.08. The van der Waals surface area contributed by atoms with Crippen LogP contribution in [0.3, 0.4) is 0 Å². The molecule has 0 radical (unpaired) electrons. The van der Waals surface area contributed by atoms with Crippen LogP contribution in [0.1, 0.15) is 25.3 Å². The van der Waals surface area contributed by atoms with Gasteiger partial charge in [-0.15, -0.1) is 10.2 Å². The highest BCUT2D eigenvalue weighted by atomic mass is 19.4. The summed E-state index contributed by atoms with van der Waals surface area (Å²) in [6, 6.07) is 4.72. The van der Waals surface area contributed by atoms with Crippen molar-refractivity contribution >= 4 is 16.8 Å². The van der Waals surface area contributed by atoms with Crippen molar-refractivity contribution in [1.82, 2.24) is 15.1 Å². The summed E-state index contributed by atoms with van der Waals surface area (Å²) in [5.41, 5.74) is -0.244. The largest absolute Gasteiger partial charge is 0.507 e. The molecule has 1 aliphatic heterocycles. The first-order valence-corrected chi connectivity index (χ1v) is 9.50. The first-order chi connectivity index (χ1) is 13.9. The second-order valence-corrected chi connectivity index (χ2v) is 7.17. The third-order valence-corrected chi connectivity index (χ3v) is 5.26. The van der Waals surface area contributed by atoms with Gasteiger partial charge in [-0.05, 0) is 50.2 Å². The third-order valence-electron chi connectivity index (χ3n) is 5.26. The van der Waals surface area contributed by atoms with Gasteiger partial charge in [-0.25, -0.2) is 0 Å². The summed E-state index contributed by atoms with van der Waals surface area (Å²) in [6.45, 7) is 5.09. The van der Waals surface area contributed by atoms with Gasteiger partial charge in [0.05, 0.1) is 17.2 Å². The molecule has 6 nitrogen and oxygen atoms in total. The predicted octanol–water partition coefficient (Wildman–Crippen LogP) is 4.51. The van der Waals surface area contributed by atoms with E-state index in [1.807, 2.05) is 0 Å². The molecule has 2 N–H and O–H groups in total. The highest BCUT2D eigenvalue weighted by Crippen LogP contribution is 2.39. The van der Waals surface area contributed by atoms with E-state index in [0.717, 1.165) is 38.5 Å². The zero-order chi connectivity index (χ0) is 20.6. The van der Waals surface area contributed by atoms with E-state index in [2.05, 4.69) is 27.3 Å². The van der Waals surface area contributed by atoms with Crippen molar-refractivity contribution in [1.29, 1.82) is 0 Å². The summed E-state index contributed by atoms with van der Waals surface area (Å²) in [5, 5.41) is 22.6. The summed E-state index contributed by atoms with van der Waals surface area (Å²) in [4.78, 5) is 2.36. The van der Waals surface area contributed by atoms with Crippen LogP contribution in [0, 0.1) is 0 Å². The van der Waals surface area contributed by atoms with E-state index in [1.54, 1.807) is 6.07 Å². The number of furan rings is 1. The number of fused-ring (bicyclic) bond motifs is 1. The molecule has 0 spiro atoms. The fourth-order valence-electron chi connectivity index (χ4n) is 3.72. The number of halogens is 3. The minimum atomic E-state index is -4.54. The van der Waals surface area contributed by atoms with Crippen LogP contribution in [0.5, 0.6) is 5.75 Å². The number of hydrogen-bond donors (Lipinski definition) is 2. The molecule has 0 saturated carbocycles. The second-order valence-electron chi connectivity index (χ2n) is 7.17. The average Bonchev–Trinajstić information content (AvgIpc) is 3.18. The molecule has 29 heavy (non-hydrogen) atoms.